The highest BCUT2D eigenvalue weighted by atomic mass is 32.1. The van der Waals surface area contributed by atoms with E-state index in [9.17, 15) is 9.59 Å². The lowest BCUT2D eigenvalue weighted by Crippen LogP contribution is -2.34. The maximum atomic E-state index is 12.1. The van der Waals surface area contributed by atoms with Gasteiger partial charge in [0, 0.05) is 17.3 Å². The predicted molar refractivity (Wildman–Crippen MR) is 77.5 cm³/mol. The van der Waals surface area contributed by atoms with Crippen LogP contribution in [0.25, 0.3) is 0 Å². The minimum atomic E-state index is -0.317. The zero-order chi connectivity index (χ0) is 14.4. The Balaban J connectivity index is 1.92. The molecule has 0 spiro atoms. The van der Waals surface area contributed by atoms with Gasteiger partial charge in [0.15, 0.2) is 0 Å². The topological polar surface area (TPSA) is 67.4 Å². The molecule has 1 aliphatic heterocycles. The van der Waals surface area contributed by atoms with Gasteiger partial charge in [0.2, 0.25) is 5.91 Å². The van der Waals surface area contributed by atoms with Crippen molar-refractivity contribution in [2.75, 3.05) is 13.7 Å². The Labute approximate surface area is 122 Å². The predicted octanol–water partition coefficient (Wildman–Crippen LogP) is 1.61. The van der Waals surface area contributed by atoms with E-state index < -0.39 is 0 Å². The monoisotopic (exact) mass is 296 g/mol. The van der Waals surface area contributed by atoms with Crippen LogP contribution in [0.1, 0.15) is 36.6 Å². The first kappa shape index (κ1) is 15.0. The first-order valence-electron chi connectivity index (χ1n) is 6.82. The Kier molecular flexibility index (Phi) is 5.55. The van der Waals surface area contributed by atoms with E-state index in [1.807, 2.05) is 17.5 Å². The molecule has 2 rings (SSSR count). The van der Waals surface area contributed by atoms with E-state index in [0.717, 1.165) is 24.3 Å². The Bertz CT molecular complexity index is 441. The third-order valence-corrected chi connectivity index (χ3v) is 4.40. The first-order valence-corrected chi connectivity index (χ1v) is 7.70. The van der Waals surface area contributed by atoms with Crippen LogP contribution in [0.2, 0.25) is 0 Å². The minimum absolute atomic E-state index is 0.0216. The number of carbonyl (C=O) groups is 2. The van der Waals surface area contributed by atoms with Crippen LogP contribution in [-0.4, -0.2) is 31.6 Å². The van der Waals surface area contributed by atoms with E-state index in [1.165, 1.54) is 18.4 Å². The molecule has 0 bridgehead atoms. The van der Waals surface area contributed by atoms with Gasteiger partial charge in [-0.3, -0.25) is 9.59 Å². The lowest BCUT2D eigenvalue weighted by molar-refractivity contribution is -0.141. The third-order valence-electron chi connectivity index (χ3n) is 3.41. The number of esters is 1. The quantitative estimate of drug-likeness (QED) is 0.783. The molecule has 0 saturated carbocycles. The summed E-state index contributed by atoms with van der Waals surface area (Å²) >= 11 is 1.53. The molecule has 2 N–H and O–H groups in total. The van der Waals surface area contributed by atoms with Crippen LogP contribution in [0.5, 0.6) is 0 Å². The molecule has 2 atom stereocenters. The Morgan fingerprint density at radius 2 is 2.45 bits per heavy atom. The van der Waals surface area contributed by atoms with Gasteiger partial charge in [0.25, 0.3) is 0 Å². The Hall–Kier alpha value is -1.40. The van der Waals surface area contributed by atoms with Gasteiger partial charge in [-0.15, -0.1) is 11.3 Å². The van der Waals surface area contributed by atoms with Crippen molar-refractivity contribution >= 4 is 23.2 Å². The third kappa shape index (κ3) is 4.31. The molecule has 0 aliphatic carbocycles. The normalized spacial score (nSPS) is 19.6. The van der Waals surface area contributed by atoms with E-state index in [0.29, 0.717) is 6.42 Å². The zero-order valence-electron chi connectivity index (χ0n) is 11.6. The molecule has 5 nitrogen and oxygen atoms in total. The molecule has 2 unspecified atom stereocenters. The van der Waals surface area contributed by atoms with Crippen molar-refractivity contribution < 1.29 is 14.3 Å². The summed E-state index contributed by atoms with van der Waals surface area (Å²) in [6.07, 6.45) is 2.78. The minimum Gasteiger partial charge on any atom is -0.469 e. The highest BCUT2D eigenvalue weighted by Gasteiger charge is 2.23. The molecular formula is C14H20N2O3S. The summed E-state index contributed by atoms with van der Waals surface area (Å²) in [5, 5.41) is 8.17. The van der Waals surface area contributed by atoms with E-state index in [1.54, 1.807) is 0 Å². The van der Waals surface area contributed by atoms with E-state index in [2.05, 4.69) is 10.6 Å². The maximum absolute atomic E-state index is 12.1. The Morgan fingerprint density at radius 3 is 3.05 bits per heavy atom. The molecular weight excluding hydrogens is 276 g/mol. The second kappa shape index (κ2) is 7.40. The number of nitrogens with one attached hydrogen (secondary N) is 2. The maximum Gasteiger partial charge on any atom is 0.307 e. The van der Waals surface area contributed by atoms with Crippen molar-refractivity contribution in [3.05, 3.63) is 22.4 Å². The van der Waals surface area contributed by atoms with Gasteiger partial charge in [-0.2, -0.15) is 0 Å². The molecule has 1 amide bonds. The van der Waals surface area contributed by atoms with Crippen molar-refractivity contribution in [3.8, 4) is 0 Å². The smallest absolute Gasteiger partial charge is 0.307 e. The average molecular weight is 296 g/mol. The fraction of sp³-hybridized carbons (Fsp3) is 0.571. The van der Waals surface area contributed by atoms with Crippen molar-refractivity contribution in [3.63, 3.8) is 0 Å². The summed E-state index contributed by atoms with van der Waals surface area (Å²) in [6, 6.07) is 3.80. The van der Waals surface area contributed by atoms with Crippen LogP contribution in [0.4, 0.5) is 0 Å². The number of hydrogen-bond acceptors (Lipinski definition) is 5. The molecule has 2 heterocycles. The van der Waals surface area contributed by atoms with Gasteiger partial charge in [0.05, 0.1) is 19.6 Å². The number of amides is 1. The van der Waals surface area contributed by atoms with Gasteiger partial charge in [-0.1, -0.05) is 6.07 Å². The largest absolute Gasteiger partial charge is 0.469 e. The number of ether oxygens (including phenoxy) is 1. The van der Waals surface area contributed by atoms with E-state index >= 15 is 0 Å². The van der Waals surface area contributed by atoms with Gasteiger partial charge in [0.1, 0.15) is 0 Å². The van der Waals surface area contributed by atoms with Crippen LogP contribution >= 0.6 is 11.3 Å². The second-order valence-electron chi connectivity index (χ2n) is 4.91. The number of rotatable bonds is 6. The SMILES string of the molecule is COC(=O)CC(NC(=O)CC1CCCN1)c1cccs1. The molecule has 1 aromatic rings. The zero-order valence-corrected chi connectivity index (χ0v) is 12.4. The highest BCUT2D eigenvalue weighted by molar-refractivity contribution is 7.10. The summed E-state index contributed by atoms with van der Waals surface area (Å²) in [7, 11) is 1.36. The molecule has 0 aromatic carbocycles. The Morgan fingerprint density at radius 1 is 1.60 bits per heavy atom. The number of methoxy groups -OCH3 is 1. The van der Waals surface area contributed by atoms with Crippen molar-refractivity contribution in [2.45, 2.75) is 37.8 Å². The van der Waals surface area contributed by atoms with Crippen molar-refractivity contribution in [1.29, 1.82) is 0 Å². The van der Waals surface area contributed by atoms with Gasteiger partial charge in [-0.25, -0.2) is 0 Å². The molecule has 1 aliphatic rings. The van der Waals surface area contributed by atoms with Crippen LogP contribution in [0.3, 0.4) is 0 Å². The van der Waals surface area contributed by atoms with Crippen molar-refractivity contribution in [1.82, 2.24) is 10.6 Å². The second-order valence-corrected chi connectivity index (χ2v) is 5.89. The fourth-order valence-corrected chi connectivity index (χ4v) is 3.15. The van der Waals surface area contributed by atoms with Crippen LogP contribution in [0.15, 0.2) is 17.5 Å². The molecule has 1 fully saturated rings. The van der Waals surface area contributed by atoms with Gasteiger partial charge < -0.3 is 15.4 Å². The lowest BCUT2D eigenvalue weighted by Gasteiger charge is -2.18. The summed E-state index contributed by atoms with van der Waals surface area (Å²) < 4.78 is 4.70. The van der Waals surface area contributed by atoms with Crippen LogP contribution in [-0.2, 0) is 14.3 Å². The molecule has 6 heteroatoms. The number of hydrogen-bond donors (Lipinski definition) is 2. The summed E-state index contributed by atoms with van der Waals surface area (Å²) in [5.74, 6) is -0.339. The highest BCUT2D eigenvalue weighted by Crippen LogP contribution is 2.23. The summed E-state index contributed by atoms with van der Waals surface area (Å²) in [5.41, 5.74) is 0. The molecule has 1 aromatic heterocycles. The molecule has 110 valence electrons. The molecule has 1 saturated heterocycles. The van der Waals surface area contributed by atoms with E-state index in [4.69, 9.17) is 4.74 Å². The standard InChI is InChI=1S/C14H20N2O3S/c1-19-14(18)9-11(12-5-3-7-20-12)16-13(17)8-10-4-2-6-15-10/h3,5,7,10-11,15H,2,4,6,8-9H2,1H3,(H,16,17). The lowest BCUT2D eigenvalue weighted by atomic mass is 10.1. The number of thiophene rings is 1. The molecule has 20 heavy (non-hydrogen) atoms. The van der Waals surface area contributed by atoms with E-state index in [-0.39, 0.29) is 30.4 Å². The fourth-order valence-electron chi connectivity index (χ4n) is 2.37. The summed E-state index contributed by atoms with van der Waals surface area (Å²) in [6.45, 7) is 0.981. The van der Waals surface area contributed by atoms with Crippen LogP contribution < -0.4 is 10.6 Å². The van der Waals surface area contributed by atoms with Gasteiger partial charge in [-0.05, 0) is 30.8 Å². The van der Waals surface area contributed by atoms with Crippen molar-refractivity contribution in [2.24, 2.45) is 0 Å². The first-order chi connectivity index (χ1) is 9.69. The number of carbonyl (C=O) groups excluding carboxylic acids is 2. The molecule has 0 radical (unpaired) electrons. The summed E-state index contributed by atoms with van der Waals surface area (Å²) in [4.78, 5) is 24.5. The average Bonchev–Trinajstić information content (AvgIpc) is 3.10. The van der Waals surface area contributed by atoms with Crippen LogP contribution in [0, 0.1) is 0 Å². The van der Waals surface area contributed by atoms with Gasteiger partial charge >= 0.3 is 5.97 Å².